The number of fused-ring (bicyclic) bond motifs is 1. The zero-order valence-electron chi connectivity index (χ0n) is 11.1. The Labute approximate surface area is 116 Å². The maximum atomic E-state index is 14.0. The molecule has 0 amide bonds. The monoisotopic (exact) mass is 273 g/mol. The second kappa shape index (κ2) is 4.59. The van der Waals surface area contributed by atoms with Crippen LogP contribution in [0.25, 0.3) is 5.69 Å². The summed E-state index contributed by atoms with van der Waals surface area (Å²) in [5, 5.41) is 7.95. The van der Waals surface area contributed by atoms with Crippen molar-refractivity contribution < 1.29 is 9.13 Å². The number of rotatable bonds is 2. The standard InChI is InChI=1S/C15H16FN3O/c16-11-4-1-2-5-12(11)19-15-10(7-8-17-15)14(18-19)13-6-3-9-20-13/h1-2,4-5,13,17H,3,6-9H2. The smallest absolute Gasteiger partial charge is 0.148 e. The van der Waals surface area contributed by atoms with E-state index in [-0.39, 0.29) is 11.9 Å². The summed E-state index contributed by atoms with van der Waals surface area (Å²) in [6, 6.07) is 6.73. The number of hydrogen-bond acceptors (Lipinski definition) is 3. The van der Waals surface area contributed by atoms with Crippen LogP contribution in [-0.4, -0.2) is 22.9 Å². The van der Waals surface area contributed by atoms with Gasteiger partial charge < -0.3 is 10.1 Å². The molecule has 0 bridgehead atoms. The number of aromatic nitrogens is 2. The van der Waals surface area contributed by atoms with Gasteiger partial charge in [-0.05, 0) is 31.4 Å². The number of nitrogens with one attached hydrogen (secondary N) is 1. The highest BCUT2D eigenvalue weighted by molar-refractivity contribution is 5.57. The minimum absolute atomic E-state index is 0.0664. The van der Waals surface area contributed by atoms with Gasteiger partial charge in [-0.2, -0.15) is 5.10 Å². The van der Waals surface area contributed by atoms with Crippen molar-refractivity contribution in [3.63, 3.8) is 0 Å². The van der Waals surface area contributed by atoms with Crippen LogP contribution in [0.3, 0.4) is 0 Å². The first-order chi connectivity index (χ1) is 9.84. The molecule has 2 aliphatic heterocycles. The highest BCUT2D eigenvalue weighted by Gasteiger charge is 2.30. The van der Waals surface area contributed by atoms with Gasteiger partial charge in [0.15, 0.2) is 0 Å². The van der Waals surface area contributed by atoms with Crippen LogP contribution in [0.4, 0.5) is 10.2 Å². The molecule has 3 heterocycles. The van der Waals surface area contributed by atoms with E-state index in [9.17, 15) is 4.39 Å². The van der Waals surface area contributed by atoms with Crippen LogP contribution < -0.4 is 5.32 Å². The predicted molar refractivity (Wildman–Crippen MR) is 73.6 cm³/mol. The fourth-order valence-corrected chi connectivity index (χ4v) is 3.05. The molecule has 0 aliphatic carbocycles. The summed E-state index contributed by atoms with van der Waals surface area (Å²) in [6.07, 6.45) is 3.07. The second-order valence-electron chi connectivity index (χ2n) is 5.25. The number of para-hydroxylation sites is 1. The van der Waals surface area contributed by atoms with E-state index in [1.54, 1.807) is 16.8 Å². The SMILES string of the molecule is Fc1ccccc1-n1nc(C2CCCO2)c2c1NCC2. The summed E-state index contributed by atoms with van der Waals surface area (Å²) in [5.74, 6) is 0.658. The molecule has 1 atom stereocenters. The van der Waals surface area contributed by atoms with E-state index in [0.717, 1.165) is 43.9 Å². The number of halogens is 1. The quantitative estimate of drug-likeness (QED) is 0.914. The van der Waals surface area contributed by atoms with Crippen molar-refractivity contribution in [1.82, 2.24) is 9.78 Å². The molecule has 2 aliphatic rings. The van der Waals surface area contributed by atoms with Gasteiger partial charge in [-0.3, -0.25) is 0 Å². The zero-order chi connectivity index (χ0) is 13.5. The molecule has 0 saturated carbocycles. The Hall–Kier alpha value is -1.88. The Morgan fingerprint density at radius 2 is 2.25 bits per heavy atom. The number of ether oxygens (including phenoxy) is 1. The summed E-state index contributed by atoms with van der Waals surface area (Å²) in [7, 11) is 0. The van der Waals surface area contributed by atoms with Crippen molar-refractivity contribution in [3.05, 3.63) is 41.3 Å². The molecule has 1 unspecified atom stereocenters. The van der Waals surface area contributed by atoms with Crippen LogP contribution in [0.1, 0.15) is 30.2 Å². The molecule has 1 N–H and O–H groups in total. The van der Waals surface area contributed by atoms with Crippen LogP contribution in [0.2, 0.25) is 0 Å². The van der Waals surface area contributed by atoms with Crippen LogP contribution >= 0.6 is 0 Å². The first-order valence-corrected chi connectivity index (χ1v) is 7.07. The van der Waals surface area contributed by atoms with E-state index in [4.69, 9.17) is 4.74 Å². The third-order valence-electron chi connectivity index (χ3n) is 4.00. The van der Waals surface area contributed by atoms with Gasteiger partial charge in [0, 0.05) is 18.7 Å². The van der Waals surface area contributed by atoms with Crippen LogP contribution in [0.15, 0.2) is 24.3 Å². The molecular weight excluding hydrogens is 257 g/mol. The summed E-state index contributed by atoms with van der Waals surface area (Å²) < 4.78 is 21.4. The van der Waals surface area contributed by atoms with Crippen molar-refractivity contribution in [2.24, 2.45) is 0 Å². The Morgan fingerprint density at radius 3 is 3.05 bits per heavy atom. The molecule has 1 aromatic carbocycles. The van der Waals surface area contributed by atoms with Gasteiger partial charge in [-0.15, -0.1) is 0 Å². The normalized spacial score (nSPS) is 20.9. The molecule has 20 heavy (non-hydrogen) atoms. The van der Waals surface area contributed by atoms with Crippen molar-refractivity contribution in [2.45, 2.75) is 25.4 Å². The first kappa shape index (κ1) is 11.9. The molecule has 1 saturated heterocycles. The zero-order valence-corrected chi connectivity index (χ0v) is 11.1. The van der Waals surface area contributed by atoms with Gasteiger partial charge in [0.05, 0.1) is 5.69 Å². The van der Waals surface area contributed by atoms with E-state index in [1.807, 2.05) is 6.07 Å². The Balaban J connectivity index is 1.85. The summed E-state index contributed by atoms with van der Waals surface area (Å²) in [4.78, 5) is 0. The number of nitrogens with zero attached hydrogens (tertiary/aromatic N) is 2. The van der Waals surface area contributed by atoms with Crippen LogP contribution in [-0.2, 0) is 11.2 Å². The highest BCUT2D eigenvalue weighted by Crippen LogP contribution is 2.37. The van der Waals surface area contributed by atoms with E-state index in [2.05, 4.69) is 10.4 Å². The molecule has 1 fully saturated rings. The fourth-order valence-electron chi connectivity index (χ4n) is 3.05. The van der Waals surface area contributed by atoms with Crippen molar-refractivity contribution in [2.75, 3.05) is 18.5 Å². The molecule has 4 nitrogen and oxygen atoms in total. The largest absolute Gasteiger partial charge is 0.372 e. The van der Waals surface area contributed by atoms with E-state index in [1.165, 1.54) is 11.6 Å². The maximum absolute atomic E-state index is 14.0. The average Bonchev–Trinajstić information content (AvgIpc) is 3.16. The highest BCUT2D eigenvalue weighted by atomic mass is 19.1. The average molecular weight is 273 g/mol. The molecule has 2 aromatic rings. The molecule has 104 valence electrons. The minimum Gasteiger partial charge on any atom is -0.372 e. The van der Waals surface area contributed by atoms with Gasteiger partial charge in [0.25, 0.3) is 0 Å². The van der Waals surface area contributed by atoms with Crippen LogP contribution in [0, 0.1) is 5.82 Å². The van der Waals surface area contributed by atoms with E-state index < -0.39 is 0 Å². The topological polar surface area (TPSA) is 39.1 Å². The maximum Gasteiger partial charge on any atom is 0.148 e. The Morgan fingerprint density at radius 1 is 1.35 bits per heavy atom. The fraction of sp³-hybridized carbons (Fsp3) is 0.400. The molecule has 0 radical (unpaired) electrons. The van der Waals surface area contributed by atoms with Crippen molar-refractivity contribution >= 4 is 5.82 Å². The lowest BCUT2D eigenvalue weighted by Gasteiger charge is -2.08. The third kappa shape index (κ3) is 1.73. The lowest BCUT2D eigenvalue weighted by molar-refractivity contribution is 0.107. The summed E-state index contributed by atoms with van der Waals surface area (Å²) in [5.41, 5.74) is 2.65. The Kier molecular flexibility index (Phi) is 2.73. The third-order valence-corrected chi connectivity index (χ3v) is 4.00. The van der Waals surface area contributed by atoms with E-state index in [0.29, 0.717) is 5.69 Å². The van der Waals surface area contributed by atoms with Crippen LogP contribution in [0.5, 0.6) is 0 Å². The lowest BCUT2D eigenvalue weighted by atomic mass is 10.1. The number of benzene rings is 1. The van der Waals surface area contributed by atoms with Gasteiger partial charge in [0.1, 0.15) is 23.4 Å². The van der Waals surface area contributed by atoms with Gasteiger partial charge >= 0.3 is 0 Å². The molecule has 4 rings (SSSR count). The van der Waals surface area contributed by atoms with E-state index >= 15 is 0 Å². The van der Waals surface area contributed by atoms with Gasteiger partial charge in [-0.25, -0.2) is 9.07 Å². The minimum atomic E-state index is -0.259. The Bertz CT molecular complexity index is 647. The predicted octanol–water partition coefficient (Wildman–Crippen LogP) is 2.83. The molecule has 1 aromatic heterocycles. The van der Waals surface area contributed by atoms with Gasteiger partial charge in [-0.1, -0.05) is 12.1 Å². The van der Waals surface area contributed by atoms with Crippen molar-refractivity contribution in [1.29, 1.82) is 0 Å². The molecule has 0 spiro atoms. The van der Waals surface area contributed by atoms with Crippen molar-refractivity contribution in [3.8, 4) is 5.69 Å². The number of hydrogen-bond donors (Lipinski definition) is 1. The molecule has 5 heteroatoms. The van der Waals surface area contributed by atoms with Gasteiger partial charge in [0.2, 0.25) is 0 Å². The molecular formula is C15H16FN3O. The number of anilines is 1. The first-order valence-electron chi connectivity index (χ1n) is 7.07. The second-order valence-corrected chi connectivity index (χ2v) is 5.25. The summed E-state index contributed by atoms with van der Waals surface area (Å²) >= 11 is 0. The lowest BCUT2D eigenvalue weighted by Crippen LogP contribution is -2.08. The summed E-state index contributed by atoms with van der Waals surface area (Å²) in [6.45, 7) is 1.67.